The predicted molar refractivity (Wildman–Crippen MR) is 61.1 cm³/mol. The van der Waals surface area contributed by atoms with Crippen molar-refractivity contribution in [2.75, 3.05) is 0 Å². The Kier molecular flexibility index (Phi) is 3.76. The van der Waals surface area contributed by atoms with Crippen LogP contribution in [0.25, 0.3) is 0 Å². The summed E-state index contributed by atoms with van der Waals surface area (Å²) in [5.41, 5.74) is -1.25. The summed E-state index contributed by atoms with van der Waals surface area (Å²) in [5.74, 6) is -0.841. The predicted octanol–water partition coefficient (Wildman–Crippen LogP) is 2.25. The molecule has 2 rings (SSSR count). The van der Waals surface area contributed by atoms with Gasteiger partial charge in [-0.05, 0) is 23.8 Å². The highest BCUT2D eigenvalue weighted by atomic mass is 19.4. The molecule has 4 nitrogen and oxygen atoms in total. The Balaban J connectivity index is 2.33. The zero-order valence-electron chi connectivity index (χ0n) is 10.4. The monoisotopic (exact) mass is 289 g/mol. The van der Waals surface area contributed by atoms with Gasteiger partial charge in [0.15, 0.2) is 0 Å². The lowest BCUT2D eigenvalue weighted by Crippen LogP contribution is -2.14. The van der Waals surface area contributed by atoms with E-state index < -0.39 is 29.2 Å². The van der Waals surface area contributed by atoms with Crippen LogP contribution in [0.4, 0.5) is 17.6 Å². The topological polar surface area (TPSA) is 50.9 Å². The number of aliphatic hydroxyl groups is 1. The van der Waals surface area contributed by atoms with Crippen LogP contribution in [0.2, 0.25) is 0 Å². The van der Waals surface area contributed by atoms with E-state index in [-0.39, 0.29) is 6.42 Å². The van der Waals surface area contributed by atoms with Gasteiger partial charge in [-0.2, -0.15) is 13.2 Å². The Hall–Kier alpha value is -1.96. The van der Waals surface area contributed by atoms with E-state index in [0.717, 1.165) is 0 Å². The largest absolute Gasteiger partial charge is 0.416 e. The molecule has 1 heterocycles. The van der Waals surface area contributed by atoms with Crippen molar-refractivity contribution >= 4 is 0 Å². The first-order valence-corrected chi connectivity index (χ1v) is 5.67. The number of alkyl halides is 3. The van der Waals surface area contributed by atoms with Crippen molar-refractivity contribution in [1.29, 1.82) is 0 Å². The molecule has 8 heteroatoms. The maximum atomic E-state index is 13.1. The SMILES string of the molecule is Cn1cc(CC(O)c2cc(F)ccc2C(F)(F)F)nn1. The molecule has 0 spiro atoms. The first-order chi connectivity index (χ1) is 9.27. The number of aromatic nitrogens is 3. The second-order valence-electron chi connectivity index (χ2n) is 4.33. The minimum absolute atomic E-state index is 0.180. The zero-order valence-corrected chi connectivity index (χ0v) is 10.4. The summed E-state index contributed by atoms with van der Waals surface area (Å²) in [5, 5.41) is 17.2. The van der Waals surface area contributed by atoms with E-state index in [1.807, 2.05) is 0 Å². The molecule has 20 heavy (non-hydrogen) atoms. The van der Waals surface area contributed by atoms with Crippen molar-refractivity contribution < 1.29 is 22.7 Å². The van der Waals surface area contributed by atoms with Gasteiger partial charge in [-0.3, -0.25) is 4.68 Å². The van der Waals surface area contributed by atoms with Gasteiger partial charge in [0.25, 0.3) is 0 Å². The number of benzene rings is 1. The molecule has 0 saturated heterocycles. The molecule has 0 bridgehead atoms. The van der Waals surface area contributed by atoms with Crippen LogP contribution in [0.1, 0.15) is 22.9 Å². The van der Waals surface area contributed by atoms with Gasteiger partial charge < -0.3 is 5.11 Å². The average Bonchev–Trinajstić information content (AvgIpc) is 2.73. The Bertz CT molecular complexity index is 609. The molecule has 0 saturated carbocycles. The van der Waals surface area contributed by atoms with Crippen molar-refractivity contribution in [3.8, 4) is 0 Å². The molecule has 0 radical (unpaired) electrons. The standard InChI is InChI=1S/C12H11F4N3O/c1-19-6-8(17-18-19)5-11(20)9-4-7(13)2-3-10(9)12(14,15)16/h2-4,6,11,20H,5H2,1H3. The number of rotatable bonds is 3. The molecular weight excluding hydrogens is 278 g/mol. The molecule has 2 aromatic rings. The summed E-state index contributed by atoms with van der Waals surface area (Å²) in [6, 6.07) is 2.01. The lowest BCUT2D eigenvalue weighted by Gasteiger charge is -2.16. The molecule has 1 aromatic carbocycles. The Morgan fingerprint density at radius 2 is 2.05 bits per heavy atom. The molecule has 0 amide bonds. The van der Waals surface area contributed by atoms with Crippen molar-refractivity contribution in [1.82, 2.24) is 15.0 Å². The summed E-state index contributed by atoms with van der Waals surface area (Å²) in [4.78, 5) is 0. The normalized spacial score (nSPS) is 13.5. The second kappa shape index (κ2) is 5.20. The first-order valence-electron chi connectivity index (χ1n) is 5.67. The van der Waals surface area contributed by atoms with Crippen LogP contribution in [0, 0.1) is 5.82 Å². The Morgan fingerprint density at radius 1 is 1.35 bits per heavy atom. The van der Waals surface area contributed by atoms with Crippen molar-refractivity contribution in [3.63, 3.8) is 0 Å². The molecule has 0 aliphatic rings. The lowest BCUT2D eigenvalue weighted by molar-refractivity contribution is -0.139. The minimum Gasteiger partial charge on any atom is -0.388 e. The molecule has 1 N–H and O–H groups in total. The van der Waals surface area contributed by atoms with Gasteiger partial charge in [0.2, 0.25) is 0 Å². The van der Waals surface area contributed by atoms with Gasteiger partial charge in [-0.25, -0.2) is 4.39 Å². The maximum Gasteiger partial charge on any atom is 0.416 e. The number of aryl methyl sites for hydroxylation is 1. The number of hydrogen-bond donors (Lipinski definition) is 1. The van der Waals surface area contributed by atoms with Gasteiger partial charge in [-0.1, -0.05) is 5.21 Å². The summed E-state index contributed by atoms with van der Waals surface area (Å²) < 4.78 is 52.9. The van der Waals surface area contributed by atoms with Gasteiger partial charge >= 0.3 is 6.18 Å². The molecule has 108 valence electrons. The minimum atomic E-state index is -4.66. The van der Waals surface area contributed by atoms with E-state index in [2.05, 4.69) is 10.3 Å². The quantitative estimate of drug-likeness (QED) is 0.882. The third kappa shape index (κ3) is 3.13. The van der Waals surface area contributed by atoms with E-state index in [0.29, 0.717) is 23.9 Å². The van der Waals surface area contributed by atoms with Gasteiger partial charge in [0.05, 0.1) is 17.4 Å². The molecule has 0 fully saturated rings. The van der Waals surface area contributed by atoms with E-state index in [1.165, 1.54) is 10.9 Å². The van der Waals surface area contributed by atoms with E-state index in [4.69, 9.17) is 0 Å². The third-order valence-electron chi connectivity index (χ3n) is 2.73. The summed E-state index contributed by atoms with van der Waals surface area (Å²) in [6.45, 7) is 0. The smallest absolute Gasteiger partial charge is 0.388 e. The fourth-order valence-corrected chi connectivity index (χ4v) is 1.86. The summed E-state index contributed by atoms with van der Waals surface area (Å²) in [6.07, 6.45) is -4.89. The first kappa shape index (κ1) is 14.4. The maximum absolute atomic E-state index is 13.1. The third-order valence-corrected chi connectivity index (χ3v) is 2.73. The van der Waals surface area contributed by atoms with Crippen LogP contribution in [-0.4, -0.2) is 20.1 Å². The van der Waals surface area contributed by atoms with Crippen LogP contribution in [-0.2, 0) is 19.6 Å². The van der Waals surface area contributed by atoms with E-state index in [9.17, 15) is 22.7 Å². The van der Waals surface area contributed by atoms with Gasteiger partial charge in [-0.15, -0.1) is 5.10 Å². The van der Waals surface area contributed by atoms with Crippen LogP contribution >= 0.6 is 0 Å². The van der Waals surface area contributed by atoms with Crippen LogP contribution in [0.5, 0.6) is 0 Å². The van der Waals surface area contributed by atoms with E-state index in [1.54, 1.807) is 7.05 Å². The molecule has 0 aliphatic carbocycles. The van der Waals surface area contributed by atoms with Crippen molar-refractivity contribution in [3.05, 3.63) is 47.0 Å². The molecule has 0 aliphatic heterocycles. The highest BCUT2D eigenvalue weighted by molar-refractivity contribution is 5.32. The van der Waals surface area contributed by atoms with E-state index >= 15 is 0 Å². The van der Waals surface area contributed by atoms with Crippen LogP contribution in [0.15, 0.2) is 24.4 Å². The number of hydrogen-bond acceptors (Lipinski definition) is 3. The van der Waals surface area contributed by atoms with Crippen molar-refractivity contribution in [2.45, 2.75) is 18.7 Å². The number of halogens is 4. The molecule has 1 aromatic heterocycles. The highest BCUT2D eigenvalue weighted by Crippen LogP contribution is 2.35. The van der Waals surface area contributed by atoms with Gasteiger partial charge in [0, 0.05) is 19.7 Å². The fraction of sp³-hybridized carbons (Fsp3) is 0.333. The summed E-state index contributed by atoms with van der Waals surface area (Å²) >= 11 is 0. The number of nitrogens with zero attached hydrogens (tertiary/aromatic N) is 3. The Morgan fingerprint density at radius 3 is 2.60 bits per heavy atom. The van der Waals surface area contributed by atoms with Crippen LogP contribution < -0.4 is 0 Å². The second-order valence-corrected chi connectivity index (χ2v) is 4.33. The molecule has 1 atom stereocenters. The molecule has 1 unspecified atom stereocenters. The van der Waals surface area contributed by atoms with Crippen LogP contribution in [0.3, 0.4) is 0 Å². The number of aliphatic hydroxyl groups excluding tert-OH is 1. The highest BCUT2D eigenvalue weighted by Gasteiger charge is 2.35. The van der Waals surface area contributed by atoms with Crippen molar-refractivity contribution in [2.24, 2.45) is 7.05 Å². The summed E-state index contributed by atoms with van der Waals surface area (Å²) in [7, 11) is 1.59. The lowest BCUT2D eigenvalue weighted by atomic mass is 9.98. The zero-order chi connectivity index (χ0) is 14.9. The fourth-order valence-electron chi connectivity index (χ4n) is 1.86. The molecular formula is C12H11F4N3O. The van der Waals surface area contributed by atoms with Gasteiger partial charge in [0.1, 0.15) is 5.82 Å². The Labute approximate surface area is 111 Å². The average molecular weight is 289 g/mol.